The molecule has 3 amide bonds. The largest absolute Gasteiger partial charge is 0.360 e. The number of hydrogen-bond donors (Lipinski definition) is 2. The normalized spacial score (nSPS) is 18.5. The van der Waals surface area contributed by atoms with E-state index in [1.54, 1.807) is 17.9 Å². The van der Waals surface area contributed by atoms with Gasteiger partial charge < -0.3 is 20.1 Å². The third-order valence-electron chi connectivity index (χ3n) is 4.39. The van der Waals surface area contributed by atoms with Gasteiger partial charge in [0.25, 0.3) is 0 Å². The van der Waals surface area contributed by atoms with Crippen LogP contribution in [0.15, 0.2) is 10.6 Å². The van der Waals surface area contributed by atoms with Crippen LogP contribution in [0.1, 0.15) is 50.7 Å². The molecule has 1 heterocycles. The summed E-state index contributed by atoms with van der Waals surface area (Å²) < 4.78 is 4.92. The van der Waals surface area contributed by atoms with Crippen molar-refractivity contribution >= 4 is 17.8 Å². The summed E-state index contributed by atoms with van der Waals surface area (Å²) in [6.07, 6.45) is 7.59. The zero-order chi connectivity index (χ0) is 16.2. The molecule has 0 spiro atoms. The first-order valence-electron chi connectivity index (χ1n) is 8.42. The first-order valence-corrected chi connectivity index (χ1v) is 8.42. The van der Waals surface area contributed by atoms with Crippen LogP contribution in [-0.4, -0.2) is 40.6 Å². The lowest BCUT2D eigenvalue weighted by Crippen LogP contribution is -2.49. The van der Waals surface area contributed by atoms with E-state index in [1.807, 2.05) is 0 Å². The van der Waals surface area contributed by atoms with Gasteiger partial charge in [-0.1, -0.05) is 24.4 Å². The molecule has 2 aliphatic rings. The van der Waals surface area contributed by atoms with Crippen molar-refractivity contribution in [1.82, 2.24) is 15.4 Å². The minimum absolute atomic E-state index is 0.0507. The summed E-state index contributed by atoms with van der Waals surface area (Å²) in [5.74, 6) is 0.773. The number of nitrogens with zero attached hydrogens (tertiary/aromatic N) is 2. The Kier molecular flexibility index (Phi) is 4.83. The maximum Gasteiger partial charge on any atom is 0.318 e. The van der Waals surface area contributed by atoms with Gasteiger partial charge in [-0.25, -0.2) is 4.79 Å². The Hall–Kier alpha value is -2.05. The summed E-state index contributed by atoms with van der Waals surface area (Å²) in [4.78, 5) is 26.3. The van der Waals surface area contributed by atoms with Crippen molar-refractivity contribution in [2.45, 2.75) is 64.0 Å². The van der Waals surface area contributed by atoms with Crippen LogP contribution >= 0.6 is 0 Å². The minimum atomic E-state index is -0.246. The topological polar surface area (TPSA) is 87.5 Å². The fourth-order valence-corrected chi connectivity index (χ4v) is 3.02. The summed E-state index contributed by atoms with van der Waals surface area (Å²) >= 11 is 0. The number of aromatic nitrogens is 1. The standard InChI is InChI=1S/C16H24N4O3/c1-11-9-14(19-23-11)18-15(21)10-20(13-7-8-13)16(22)17-12-5-3-2-4-6-12/h9,12-13H,2-8,10H2,1H3,(H,17,22)(H,18,19,21). The summed E-state index contributed by atoms with van der Waals surface area (Å²) in [6, 6.07) is 1.97. The summed E-state index contributed by atoms with van der Waals surface area (Å²) in [6.45, 7) is 1.81. The highest BCUT2D eigenvalue weighted by molar-refractivity contribution is 5.93. The SMILES string of the molecule is Cc1cc(NC(=O)CN(C(=O)NC2CCCCC2)C2CC2)no1. The van der Waals surface area contributed by atoms with Crippen molar-refractivity contribution in [3.63, 3.8) is 0 Å². The Balaban J connectivity index is 1.53. The quantitative estimate of drug-likeness (QED) is 0.872. The smallest absolute Gasteiger partial charge is 0.318 e. The Morgan fingerprint density at radius 3 is 2.61 bits per heavy atom. The third kappa shape index (κ3) is 4.46. The predicted molar refractivity (Wildman–Crippen MR) is 85.0 cm³/mol. The number of hydrogen-bond acceptors (Lipinski definition) is 4. The van der Waals surface area contributed by atoms with Crippen LogP contribution in [0.2, 0.25) is 0 Å². The van der Waals surface area contributed by atoms with E-state index in [9.17, 15) is 9.59 Å². The van der Waals surface area contributed by atoms with E-state index in [1.165, 1.54) is 19.3 Å². The number of nitrogens with one attached hydrogen (secondary N) is 2. The molecule has 126 valence electrons. The molecule has 2 N–H and O–H groups in total. The number of carbonyl (C=O) groups excluding carboxylic acids is 2. The maximum absolute atomic E-state index is 12.5. The average molecular weight is 320 g/mol. The molecule has 0 saturated heterocycles. The number of amides is 3. The molecular formula is C16H24N4O3. The second-order valence-electron chi connectivity index (χ2n) is 6.51. The van der Waals surface area contributed by atoms with Crippen LogP contribution in [-0.2, 0) is 4.79 Å². The molecular weight excluding hydrogens is 296 g/mol. The Bertz CT molecular complexity index is 561. The van der Waals surface area contributed by atoms with Gasteiger partial charge in [-0.3, -0.25) is 4.79 Å². The lowest BCUT2D eigenvalue weighted by atomic mass is 9.96. The number of rotatable bonds is 5. The molecule has 3 rings (SSSR count). The van der Waals surface area contributed by atoms with Crippen LogP contribution in [0, 0.1) is 6.92 Å². The molecule has 7 nitrogen and oxygen atoms in total. The molecule has 2 saturated carbocycles. The molecule has 0 unspecified atom stereocenters. The van der Waals surface area contributed by atoms with Gasteiger partial charge in [0, 0.05) is 18.2 Å². The highest BCUT2D eigenvalue weighted by Crippen LogP contribution is 2.27. The van der Waals surface area contributed by atoms with Gasteiger partial charge in [0.1, 0.15) is 12.3 Å². The monoisotopic (exact) mass is 320 g/mol. The highest BCUT2D eigenvalue weighted by atomic mass is 16.5. The van der Waals surface area contributed by atoms with E-state index in [2.05, 4.69) is 15.8 Å². The first kappa shape index (κ1) is 15.8. The highest BCUT2D eigenvalue weighted by Gasteiger charge is 2.34. The van der Waals surface area contributed by atoms with Gasteiger partial charge in [0.15, 0.2) is 5.82 Å². The lowest BCUT2D eigenvalue weighted by Gasteiger charge is -2.28. The summed E-state index contributed by atoms with van der Waals surface area (Å²) in [7, 11) is 0. The van der Waals surface area contributed by atoms with E-state index >= 15 is 0 Å². The molecule has 2 aliphatic carbocycles. The van der Waals surface area contributed by atoms with Crippen LogP contribution in [0.4, 0.5) is 10.6 Å². The summed E-state index contributed by atoms with van der Waals surface area (Å²) in [5.41, 5.74) is 0. The molecule has 0 radical (unpaired) electrons. The molecule has 2 fully saturated rings. The van der Waals surface area contributed by atoms with Crippen LogP contribution < -0.4 is 10.6 Å². The Morgan fingerprint density at radius 1 is 1.26 bits per heavy atom. The summed E-state index contributed by atoms with van der Waals surface area (Å²) in [5, 5.41) is 9.49. The number of urea groups is 1. The van der Waals surface area contributed by atoms with Crippen molar-refractivity contribution in [2.75, 3.05) is 11.9 Å². The van der Waals surface area contributed by atoms with E-state index in [4.69, 9.17) is 4.52 Å². The molecule has 0 bridgehead atoms. The third-order valence-corrected chi connectivity index (χ3v) is 4.39. The average Bonchev–Trinajstić information content (AvgIpc) is 3.29. The molecule has 7 heteroatoms. The van der Waals surface area contributed by atoms with Gasteiger partial charge in [-0.15, -0.1) is 0 Å². The van der Waals surface area contributed by atoms with E-state index in [0.717, 1.165) is 25.7 Å². The lowest BCUT2D eigenvalue weighted by molar-refractivity contribution is -0.116. The van der Waals surface area contributed by atoms with Gasteiger partial charge in [-0.05, 0) is 32.6 Å². The minimum Gasteiger partial charge on any atom is -0.360 e. The van der Waals surface area contributed by atoms with Gasteiger partial charge >= 0.3 is 6.03 Å². The van der Waals surface area contributed by atoms with Gasteiger partial charge in [0.05, 0.1) is 0 Å². The fraction of sp³-hybridized carbons (Fsp3) is 0.688. The number of anilines is 1. The number of aryl methyl sites for hydroxylation is 1. The van der Waals surface area contributed by atoms with Crippen molar-refractivity contribution < 1.29 is 14.1 Å². The van der Waals surface area contributed by atoms with Gasteiger partial charge in [-0.2, -0.15) is 0 Å². The van der Waals surface area contributed by atoms with E-state index in [-0.39, 0.29) is 30.6 Å². The van der Waals surface area contributed by atoms with Crippen molar-refractivity contribution in [1.29, 1.82) is 0 Å². The van der Waals surface area contributed by atoms with Crippen LogP contribution in [0.5, 0.6) is 0 Å². The molecule has 23 heavy (non-hydrogen) atoms. The van der Waals surface area contributed by atoms with Crippen molar-refractivity contribution in [3.8, 4) is 0 Å². The van der Waals surface area contributed by atoms with Crippen molar-refractivity contribution in [3.05, 3.63) is 11.8 Å². The van der Waals surface area contributed by atoms with Crippen LogP contribution in [0.3, 0.4) is 0 Å². The molecule has 0 aromatic carbocycles. The molecule has 0 aliphatic heterocycles. The second kappa shape index (κ2) is 7.02. The molecule has 0 atom stereocenters. The van der Waals surface area contributed by atoms with Gasteiger partial charge in [0.2, 0.25) is 5.91 Å². The Labute approximate surface area is 135 Å². The van der Waals surface area contributed by atoms with E-state index in [0.29, 0.717) is 11.6 Å². The zero-order valence-corrected chi connectivity index (χ0v) is 13.5. The Morgan fingerprint density at radius 2 is 2.00 bits per heavy atom. The van der Waals surface area contributed by atoms with Crippen molar-refractivity contribution in [2.24, 2.45) is 0 Å². The molecule has 1 aromatic heterocycles. The molecule has 1 aromatic rings. The zero-order valence-electron chi connectivity index (χ0n) is 13.5. The number of carbonyl (C=O) groups is 2. The first-order chi connectivity index (χ1) is 11.1. The fourth-order valence-electron chi connectivity index (χ4n) is 3.02. The second-order valence-corrected chi connectivity index (χ2v) is 6.51. The van der Waals surface area contributed by atoms with E-state index < -0.39 is 0 Å². The van der Waals surface area contributed by atoms with Crippen LogP contribution in [0.25, 0.3) is 0 Å². The predicted octanol–water partition coefficient (Wildman–Crippen LogP) is 2.43. The maximum atomic E-state index is 12.5.